The third-order valence-electron chi connectivity index (χ3n) is 1.68. The van der Waals surface area contributed by atoms with Gasteiger partial charge in [0.15, 0.2) is 0 Å². The van der Waals surface area contributed by atoms with Crippen LogP contribution in [0.3, 0.4) is 0 Å². The highest BCUT2D eigenvalue weighted by Gasteiger charge is 2.02. The molecule has 0 unspecified atom stereocenters. The molecule has 0 aromatic rings. The van der Waals surface area contributed by atoms with Gasteiger partial charge < -0.3 is 14.4 Å². The molecule has 0 fully saturated rings. The van der Waals surface area contributed by atoms with Crippen molar-refractivity contribution in [2.24, 2.45) is 0 Å². The average Bonchev–Trinajstić information content (AvgIpc) is 2.34. The van der Waals surface area contributed by atoms with Gasteiger partial charge in [-0.2, -0.15) is 0 Å². The fourth-order valence-electron chi connectivity index (χ4n) is 0.743. The van der Waals surface area contributed by atoms with E-state index < -0.39 is 0 Å². The lowest BCUT2D eigenvalue weighted by Gasteiger charge is -1.98. The van der Waals surface area contributed by atoms with E-state index in [9.17, 15) is 14.4 Å². The minimum Gasteiger partial charge on any atom is -0.469 e. The van der Waals surface area contributed by atoms with Gasteiger partial charge in [0.1, 0.15) is 0 Å². The molecule has 0 rings (SSSR count). The Morgan fingerprint density at radius 3 is 1.47 bits per heavy atom. The first-order chi connectivity index (χ1) is 7.97. The molecule has 0 bridgehead atoms. The second-order valence-corrected chi connectivity index (χ2v) is 3.43. The molecule has 0 atom stereocenters. The Morgan fingerprint density at radius 2 is 1.29 bits per heavy atom. The zero-order valence-electron chi connectivity index (χ0n) is 10.9. The van der Waals surface area contributed by atoms with Gasteiger partial charge in [-0.25, -0.2) is 0 Å². The Hall–Kier alpha value is -1.59. The minimum absolute atomic E-state index is 0.236. The zero-order chi connectivity index (χ0) is 13.7. The second-order valence-electron chi connectivity index (χ2n) is 3.43. The van der Waals surface area contributed by atoms with Gasteiger partial charge in [0.2, 0.25) is 6.41 Å². The summed E-state index contributed by atoms with van der Waals surface area (Å²) in [4.78, 5) is 32.1. The van der Waals surface area contributed by atoms with Crippen LogP contribution in [-0.4, -0.2) is 51.6 Å². The molecule has 100 valence electrons. The monoisotopic (exact) mass is 247 g/mol. The fraction of sp³-hybridized carbons (Fsp3) is 0.727. The van der Waals surface area contributed by atoms with Gasteiger partial charge in [-0.1, -0.05) is 0 Å². The minimum atomic E-state index is -0.236. The standard InChI is InChI=1S/C8H14O4.C3H7NO/c1-11-7(9)5-3-4-6-8(10)12-2;1-4(2)3-5/h3-6H2,1-2H3;3H,1-2H3. The zero-order valence-corrected chi connectivity index (χ0v) is 10.9. The van der Waals surface area contributed by atoms with Gasteiger partial charge in [0.05, 0.1) is 14.2 Å². The van der Waals surface area contributed by atoms with Gasteiger partial charge in [-0.3, -0.25) is 14.4 Å². The second kappa shape index (κ2) is 12.5. The van der Waals surface area contributed by atoms with Gasteiger partial charge >= 0.3 is 11.9 Å². The van der Waals surface area contributed by atoms with Crippen LogP contribution in [0, 0.1) is 0 Å². The van der Waals surface area contributed by atoms with E-state index in [0.717, 1.165) is 6.41 Å². The molecule has 0 aromatic heterocycles. The molecule has 0 saturated heterocycles. The number of amides is 1. The first-order valence-corrected chi connectivity index (χ1v) is 5.23. The lowest BCUT2D eigenvalue weighted by Crippen LogP contribution is -2.06. The number of rotatable bonds is 6. The van der Waals surface area contributed by atoms with Gasteiger partial charge in [-0.15, -0.1) is 0 Å². The summed E-state index contributed by atoms with van der Waals surface area (Å²) in [7, 11) is 6.07. The van der Waals surface area contributed by atoms with Crippen LogP contribution in [0.1, 0.15) is 25.7 Å². The number of ether oxygens (including phenoxy) is 2. The van der Waals surface area contributed by atoms with E-state index in [2.05, 4.69) is 9.47 Å². The number of carbonyl (C=O) groups excluding carboxylic acids is 3. The SMILES string of the molecule is CN(C)C=O.COC(=O)CCCCC(=O)OC. The highest BCUT2D eigenvalue weighted by molar-refractivity contribution is 5.70. The Labute approximate surface area is 102 Å². The van der Waals surface area contributed by atoms with Crippen LogP contribution < -0.4 is 0 Å². The van der Waals surface area contributed by atoms with Crippen LogP contribution >= 0.6 is 0 Å². The number of esters is 2. The summed E-state index contributed by atoms with van der Waals surface area (Å²) in [5.41, 5.74) is 0. The first-order valence-electron chi connectivity index (χ1n) is 5.23. The van der Waals surface area contributed by atoms with Gasteiger partial charge in [0, 0.05) is 26.9 Å². The number of hydrogen-bond acceptors (Lipinski definition) is 5. The highest BCUT2D eigenvalue weighted by Crippen LogP contribution is 2.01. The number of nitrogens with zero attached hydrogens (tertiary/aromatic N) is 1. The Balaban J connectivity index is 0. The van der Waals surface area contributed by atoms with Crippen molar-refractivity contribution < 1.29 is 23.9 Å². The smallest absolute Gasteiger partial charge is 0.305 e. The highest BCUT2D eigenvalue weighted by atomic mass is 16.5. The average molecular weight is 247 g/mol. The number of methoxy groups -OCH3 is 2. The topological polar surface area (TPSA) is 72.9 Å². The lowest BCUT2D eigenvalue weighted by atomic mass is 10.2. The third kappa shape index (κ3) is 17.0. The van der Waals surface area contributed by atoms with Crippen LogP contribution in [-0.2, 0) is 23.9 Å². The van der Waals surface area contributed by atoms with E-state index in [1.165, 1.54) is 19.1 Å². The molecule has 0 aliphatic carbocycles. The molecule has 0 spiro atoms. The predicted octanol–water partition coefficient (Wildman–Crippen LogP) is 0.597. The molecule has 0 radical (unpaired) electrons. The Morgan fingerprint density at radius 1 is 1.00 bits per heavy atom. The van der Waals surface area contributed by atoms with Crippen LogP contribution in [0.4, 0.5) is 0 Å². The van der Waals surface area contributed by atoms with Crippen molar-refractivity contribution in [3.63, 3.8) is 0 Å². The molecule has 0 aliphatic heterocycles. The molecular weight excluding hydrogens is 226 g/mol. The van der Waals surface area contributed by atoms with E-state index in [4.69, 9.17) is 0 Å². The summed E-state index contributed by atoms with van der Waals surface area (Å²) < 4.78 is 8.86. The quantitative estimate of drug-likeness (QED) is 0.390. The molecule has 0 aliphatic rings. The summed E-state index contributed by atoms with van der Waals surface area (Å²) in [6, 6.07) is 0. The van der Waals surface area contributed by atoms with E-state index in [0.29, 0.717) is 25.7 Å². The molecular formula is C11H21NO5. The number of unbranched alkanes of at least 4 members (excludes halogenated alkanes) is 1. The fourth-order valence-corrected chi connectivity index (χ4v) is 0.743. The molecule has 0 aromatic carbocycles. The summed E-state index contributed by atoms with van der Waals surface area (Å²) in [5, 5.41) is 0. The predicted molar refractivity (Wildman–Crippen MR) is 62.3 cm³/mol. The molecule has 17 heavy (non-hydrogen) atoms. The largest absolute Gasteiger partial charge is 0.469 e. The summed E-state index contributed by atoms with van der Waals surface area (Å²) in [6.45, 7) is 0. The van der Waals surface area contributed by atoms with Crippen molar-refractivity contribution >= 4 is 18.3 Å². The number of hydrogen-bond donors (Lipinski definition) is 0. The van der Waals surface area contributed by atoms with Crippen molar-refractivity contribution in [2.75, 3.05) is 28.3 Å². The van der Waals surface area contributed by atoms with E-state index >= 15 is 0 Å². The lowest BCUT2D eigenvalue weighted by molar-refractivity contribution is -0.142. The van der Waals surface area contributed by atoms with Crippen molar-refractivity contribution in [1.29, 1.82) is 0 Å². The first kappa shape index (κ1) is 17.8. The third-order valence-corrected chi connectivity index (χ3v) is 1.68. The van der Waals surface area contributed by atoms with Crippen molar-refractivity contribution in [2.45, 2.75) is 25.7 Å². The van der Waals surface area contributed by atoms with Crippen LogP contribution in [0.15, 0.2) is 0 Å². The summed E-state index contributed by atoms with van der Waals surface area (Å²) >= 11 is 0. The molecule has 0 N–H and O–H groups in total. The van der Waals surface area contributed by atoms with Crippen molar-refractivity contribution in [1.82, 2.24) is 4.90 Å². The van der Waals surface area contributed by atoms with Crippen molar-refractivity contribution in [3.05, 3.63) is 0 Å². The van der Waals surface area contributed by atoms with Crippen LogP contribution in [0.25, 0.3) is 0 Å². The molecule has 6 nitrogen and oxygen atoms in total. The van der Waals surface area contributed by atoms with Crippen LogP contribution in [0.2, 0.25) is 0 Å². The molecule has 1 amide bonds. The maximum absolute atomic E-state index is 10.6. The van der Waals surface area contributed by atoms with E-state index in [1.807, 2.05) is 0 Å². The van der Waals surface area contributed by atoms with Crippen LogP contribution in [0.5, 0.6) is 0 Å². The van der Waals surface area contributed by atoms with Gasteiger partial charge in [-0.05, 0) is 12.8 Å². The molecule has 0 heterocycles. The van der Waals surface area contributed by atoms with E-state index in [1.54, 1.807) is 14.1 Å². The summed E-state index contributed by atoms with van der Waals surface area (Å²) in [6.07, 6.45) is 2.82. The maximum atomic E-state index is 10.6. The Bertz CT molecular complexity index is 210. The molecule has 6 heteroatoms. The van der Waals surface area contributed by atoms with E-state index in [-0.39, 0.29) is 11.9 Å². The summed E-state index contributed by atoms with van der Waals surface area (Å²) in [5.74, 6) is -0.472. The maximum Gasteiger partial charge on any atom is 0.305 e. The molecule has 0 saturated carbocycles. The number of carbonyl (C=O) groups is 3. The van der Waals surface area contributed by atoms with Crippen molar-refractivity contribution in [3.8, 4) is 0 Å². The normalized spacial score (nSPS) is 8.47. The van der Waals surface area contributed by atoms with Gasteiger partial charge in [0.25, 0.3) is 0 Å². The Kier molecular flexibility index (Phi) is 13.1.